The summed E-state index contributed by atoms with van der Waals surface area (Å²) < 4.78 is 2.98. The van der Waals surface area contributed by atoms with E-state index in [4.69, 9.17) is 0 Å². The van der Waals surface area contributed by atoms with Gasteiger partial charge in [0.2, 0.25) is 11.8 Å². The van der Waals surface area contributed by atoms with E-state index in [2.05, 4.69) is 26.0 Å². The maximum absolute atomic E-state index is 12.0. The van der Waals surface area contributed by atoms with Crippen molar-refractivity contribution in [3.05, 3.63) is 18.0 Å². The van der Waals surface area contributed by atoms with Crippen LogP contribution in [0.15, 0.2) is 12.3 Å². The second kappa shape index (κ2) is 6.19. The number of nitrogens with one attached hydrogen (secondary N) is 2. The van der Waals surface area contributed by atoms with Crippen molar-refractivity contribution in [2.45, 2.75) is 32.7 Å². The number of hydrogen-bond acceptors (Lipinski definition) is 5. The van der Waals surface area contributed by atoms with Gasteiger partial charge in [-0.1, -0.05) is 11.6 Å². The van der Waals surface area contributed by atoms with Gasteiger partial charge in [-0.3, -0.25) is 14.3 Å². The van der Waals surface area contributed by atoms with Gasteiger partial charge in [0.1, 0.15) is 12.4 Å². The Morgan fingerprint density at radius 1 is 1.35 bits per heavy atom. The van der Waals surface area contributed by atoms with Gasteiger partial charge in [-0.2, -0.15) is 5.10 Å². The molecule has 0 bridgehead atoms. The average Bonchev–Trinajstić information content (AvgIpc) is 2.94. The molecule has 2 aromatic heterocycles. The molecule has 0 aromatic carbocycles. The quantitative estimate of drug-likeness (QED) is 0.844. The van der Waals surface area contributed by atoms with Gasteiger partial charge in [0.15, 0.2) is 5.82 Å². The highest BCUT2D eigenvalue weighted by Crippen LogP contribution is 2.27. The minimum absolute atomic E-state index is 0.0104. The van der Waals surface area contributed by atoms with Crippen molar-refractivity contribution < 1.29 is 9.59 Å². The van der Waals surface area contributed by atoms with Crippen molar-refractivity contribution in [2.24, 2.45) is 13.0 Å². The number of amides is 2. The Labute approximate surface area is 133 Å². The highest BCUT2D eigenvalue weighted by atomic mass is 16.2. The fourth-order valence-corrected chi connectivity index (χ4v) is 2.39. The Morgan fingerprint density at radius 2 is 2.13 bits per heavy atom. The van der Waals surface area contributed by atoms with Gasteiger partial charge < -0.3 is 10.6 Å². The number of aromatic nitrogens is 5. The molecule has 122 valence electrons. The molecule has 0 spiro atoms. The van der Waals surface area contributed by atoms with Crippen molar-refractivity contribution in [1.82, 2.24) is 24.8 Å². The van der Waals surface area contributed by atoms with Crippen molar-refractivity contribution >= 4 is 23.5 Å². The first-order valence-corrected chi connectivity index (χ1v) is 7.53. The van der Waals surface area contributed by atoms with Crippen LogP contribution in [0, 0.1) is 12.8 Å². The van der Waals surface area contributed by atoms with Crippen LogP contribution in [0.4, 0.5) is 11.6 Å². The van der Waals surface area contributed by atoms with Gasteiger partial charge in [-0.25, -0.2) is 4.68 Å². The summed E-state index contributed by atoms with van der Waals surface area (Å²) in [6.07, 6.45) is 4.49. The van der Waals surface area contributed by atoms with Crippen LogP contribution in [0.3, 0.4) is 0 Å². The molecule has 2 amide bonds. The van der Waals surface area contributed by atoms with E-state index >= 15 is 0 Å². The molecule has 0 aliphatic heterocycles. The molecule has 9 nitrogen and oxygen atoms in total. The van der Waals surface area contributed by atoms with Crippen LogP contribution < -0.4 is 10.6 Å². The minimum Gasteiger partial charge on any atom is -0.309 e. The fraction of sp³-hybridized carbons (Fsp3) is 0.500. The van der Waals surface area contributed by atoms with Crippen LogP contribution >= 0.6 is 0 Å². The Hall–Kier alpha value is -2.71. The van der Waals surface area contributed by atoms with Gasteiger partial charge in [-0.15, -0.1) is 5.10 Å². The summed E-state index contributed by atoms with van der Waals surface area (Å²) in [5.74, 6) is 0.793. The zero-order chi connectivity index (χ0) is 16.4. The Balaban J connectivity index is 1.54. The van der Waals surface area contributed by atoms with Gasteiger partial charge >= 0.3 is 0 Å². The lowest BCUT2D eigenvalue weighted by atomic mass is 9.85. The van der Waals surface area contributed by atoms with Crippen LogP contribution in [-0.4, -0.2) is 36.6 Å². The van der Waals surface area contributed by atoms with Gasteiger partial charge in [0.25, 0.3) is 0 Å². The maximum Gasteiger partial charge on any atom is 0.247 e. The molecule has 1 fully saturated rings. The summed E-state index contributed by atoms with van der Waals surface area (Å²) in [5.41, 5.74) is 0.824. The third kappa shape index (κ3) is 3.55. The molecule has 1 saturated carbocycles. The second-order valence-electron chi connectivity index (χ2n) is 5.76. The van der Waals surface area contributed by atoms with Crippen molar-refractivity contribution in [2.75, 3.05) is 10.6 Å². The first-order valence-electron chi connectivity index (χ1n) is 7.53. The van der Waals surface area contributed by atoms with E-state index in [1.54, 1.807) is 24.0 Å². The van der Waals surface area contributed by atoms with E-state index in [-0.39, 0.29) is 24.3 Å². The molecule has 0 atom stereocenters. The summed E-state index contributed by atoms with van der Waals surface area (Å²) in [6, 6.07) is 1.78. The van der Waals surface area contributed by atoms with Crippen LogP contribution in [0.1, 0.15) is 25.0 Å². The minimum atomic E-state index is -0.241. The zero-order valence-electron chi connectivity index (χ0n) is 13.1. The first-order chi connectivity index (χ1) is 11.0. The number of rotatable bonds is 5. The number of anilines is 2. The van der Waals surface area contributed by atoms with E-state index in [9.17, 15) is 9.59 Å². The summed E-state index contributed by atoms with van der Waals surface area (Å²) in [4.78, 5) is 23.8. The largest absolute Gasteiger partial charge is 0.309 e. The average molecular weight is 317 g/mol. The van der Waals surface area contributed by atoms with E-state index < -0.39 is 0 Å². The molecule has 23 heavy (non-hydrogen) atoms. The zero-order valence-corrected chi connectivity index (χ0v) is 13.1. The van der Waals surface area contributed by atoms with Crippen LogP contribution in [0.2, 0.25) is 0 Å². The van der Waals surface area contributed by atoms with Crippen LogP contribution in [0.5, 0.6) is 0 Å². The third-order valence-corrected chi connectivity index (χ3v) is 3.84. The Morgan fingerprint density at radius 3 is 2.74 bits per heavy atom. The normalized spacial score (nSPS) is 14.3. The number of carbonyl (C=O) groups excluding carboxylic acids is 2. The Kier molecular flexibility index (Phi) is 4.09. The SMILES string of the molecule is Cc1cc(NC(=O)Cn2cc(NC(=O)C3CCC3)nn2)n(C)n1. The monoisotopic (exact) mass is 317 g/mol. The molecule has 2 aromatic rings. The molecule has 1 aliphatic rings. The molecule has 2 N–H and O–H groups in total. The summed E-state index contributed by atoms with van der Waals surface area (Å²) >= 11 is 0. The molecule has 2 heterocycles. The lowest BCUT2D eigenvalue weighted by molar-refractivity contribution is -0.122. The standard InChI is InChI=1S/C14H19N7O2/c1-9-6-12(20(2)18-9)16-13(22)8-21-7-11(17-19-21)15-14(23)10-4-3-5-10/h6-7,10H,3-5,8H2,1-2H3,(H,15,23)(H,16,22). The van der Waals surface area contributed by atoms with Crippen molar-refractivity contribution in [3.8, 4) is 0 Å². The van der Waals surface area contributed by atoms with Crippen LogP contribution in [-0.2, 0) is 23.2 Å². The lowest BCUT2D eigenvalue weighted by Crippen LogP contribution is -2.28. The number of hydrogen-bond donors (Lipinski definition) is 2. The molecule has 1 aliphatic carbocycles. The number of nitrogens with zero attached hydrogens (tertiary/aromatic N) is 5. The highest BCUT2D eigenvalue weighted by molar-refractivity contribution is 5.92. The lowest BCUT2D eigenvalue weighted by Gasteiger charge is -2.23. The van der Waals surface area contributed by atoms with E-state index in [1.165, 1.54) is 4.68 Å². The first kappa shape index (κ1) is 15.2. The maximum atomic E-state index is 12.0. The molecular weight excluding hydrogens is 298 g/mol. The number of aryl methyl sites for hydroxylation is 2. The van der Waals surface area contributed by atoms with Gasteiger partial charge in [0, 0.05) is 19.0 Å². The van der Waals surface area contributed by atoms with Crippen LogP contribution in [0.25, 0.3) is 0 Å². The van der Waals surface area contributed by atoms with Gasteiger partial charge in [0.05, 0.1) is 11.9 Å². The van der Waals surface area contributed by atoms with E-state index in [0.717, 1.165) is 25.0 Å². The highest BCUT2D eigenvalue weighted by Gasteiger charge is 2.25. The predicted molar refractivity (Wildman–Crippen MR) is 82.6 cm³/mol. The number of carbonyl (C=O) groups is 2. The van der Waals surface area contributed by atoms with E-state index in [0.29, 0.717) is 11.6 Å². The molecule has 0 unspecified atom stereocenters. The summed E-state index contributed by atoms with van der Waals surface area (Å²) in [6.45, 7) is 1.86. The van der Waals surface area contributed by atoms with E-state index in [1.807, 2.05) is 6.92 Å². The second-order valence-corrected chi connectivity index (χ2v) is 5.76. The smallest absolute Gasteiger partial charge is 0.247 e. The van der Waals surface area contributed by atoms with Crippen molar-refractivity contribution in [1.29, 1.82) is 0 Å². The summed E-state index contributed by atoms with van der Waals surface area (Å²) in [7, 11) is 1.76. The van der Waals surface area contributed by atoms with Gasteiger partial charge in [-0.05, 0) is 19.8 Å². The molecular formula is C14H19N7O2. The molecule has 0 radical (unpaired) electrons. The fourth-order valence-electron chi connectivity index (χ4n) is 2.39. The molecule has 0 saturated heterocycles. The Bertz CT molecular complexity index is 729. The molecule has 3 rings (SSSR count). The summed E-state index contributed by atoms with van der Waals surface area (Å²) in [5, 5.41) is 17.3. The predicted octanol–water partition coefficient (Wildman–Crippen LogP) is 0.697. The van der Waals surface area contributed by atoms with Crippen molar-refractivity contribution in [3.63, 3.8) is 0 Å². The topological polar surface area (TPSA) is 107 Å². The third-order valence-electron chi connectivity index (χ3n) is 3.84. The molecule has 9 heteroatoms.